The Balaban J connectivity index is 1.45. The van der Waals surface area contributed by atoms with Gasteiger partial charge in [0.25, 0.3) is 17.7 Å². The molecule has 15 heteroatoms. The molecular weight excluding hydrogens is 546 g/mol. The lowest BCUT2D eigenvalue weighted by Crippen LogP contribution is -2.60. The molecule has 0 aromatic carbocycles. The molecule has 14 nitrogen and oxygen atoms in total. The molecule has 2 heterocycles. The number of carbonyl (C=O) groups is 6. The van der Waals surface area contributed by atoms with E-state index in [2.05, 4.69) is 15.4 Å². The first-order chi connectivity index (χ1) is 18.6. The summed E-state index contributed by atoms with van der Waals surface area (Å²) in [7, 11) is -3.81. The molecule has 4 rings (SSSR count). The fraction of sp³-hybridized carbons (Fsp3) is 0.760. The second-order valence-electron chi connectivity index (χ2n) is 12.0. The summed E-state index contributed by atoms with van der Waals surface area (Å²) in [6.45, 7) is 7.15. The molecular formula is C25H37N5O9S. The van der Waals surface area contributed by atoms with Crippen LogP contribution in [0.15, 0.2) is 0 Å². The summed E-state index contributed by atoms with van der Waals surface area (Å²) < 4.78 is 26.9. The molecule has 4 aliphatic rings. The third-order valence-electron chi connectivity index (χ3n) is 7.94. The third kappa shape index (κ3) is 5.93. The average Bonchev–Trinajstić information content (AvgIpc) is 3.76. The lowest BCUT2D eigenvalue weighted by atomic mass is 9.85. The third-order valence-corrected chi connectivity index (χ3v) is 9.76. The number of imide groups is 1. The van der Waals surface area contributed by atoms with E-state index in [1.165, 1.54) is 4.90 Å². The van der Waals surface area contributed by atoms with Gasteiger partial charge in [-0.1, -0.05) is 34.1 Å². The number of hydrogen-bond donors (Lipinski definition) is 3. The maximum Gasteiger partial charge on any atom is 0.432 e. The van der Waals surface area contributed by atoms with E-state index in [0.717, 1.165) is 0 Å². The maximum absolute atomic E-state index is 13.7. The summed E-state index contributed by atoms with van der Waals surface area (Å²) >= 11 is 0. The summed E-state index contributed by atoms with van der Waals surface area (Å²) in [5, 5.41) is 4.97. The minimum absolute atomic E-state index is 0.0801. The van der Waals surface area contributed by atoms with Crippen molar-refractivity contribution in [1.82, 2.24) is 25.3 Å². The Hall–Kier alpha value is -3.23. The highest BCUT2D eigenvalue weighted by Crippen LogP contribution is 2.47. The molecule has 0 spiro atoms. The number of rotatable bonds is 9. The number of likely N-dealkylation sites (tertiary alicyclic amines) is 1. The monoisotopic (exact) mass is 583 g/mol. The molecule has 3 N–H and O–H groups in total. The Morgan fingerprint density at radius 3 is 2.23 bits per heavy atom. The molecule has 0 bridgehead atoms. The first-order valence-corrected chi connectivity index (χ1v) is 15.2. The van der Waals surface area contributed by atoms with Crippen molar-refractivity contribution in [3.63, 3.8) is 0 Å². The zero-order valence-electron chi connectivity index (χ0n) is 23.2. The number of hydrogen-bond acceptors (Lipinski definition) is 9. The van der Waals surface area contributed by atoms with Crippen LogP contribution in [-0.4, -0.2) is 83.4 Å². The molecule has 40 heavy (non-hydrogen) atoms. The van der Waals surface area contributed by atoms with Gasteiger partial charge in [0.2, 0.25) is 21.8 Å². The molecule has 0 unspecified atom stereocenters. The molecule has 2 aliphatic heterocycles. The minimum atomic E-state index is -3.81. The van der Waals surface area contributed by atoms with Gasteiger partial charge in [-0.2, -0.15) is 0 Å². The van der Waals surface area contributed by atoms with Gasteiger partial charge in [-0.15, -0.1) is 5.06 Å². The van der Waals surface area contributed by atoms with Gasteiger partial charge in [0, 0.05) is 19.4 Å². The van der Waals surface area contributed by atoms with Crippen LogP contribution < -0.4 is 15.4 Å². The van der Waals surface area contributed by atoms with Crippen LogP contribution in [0.4, 0.5) is 4.79 Å². The second kappa shape index (κ2) is 10.6. The SMILES string of the molecule is CC[C@@H]1C[C@]1(NC(=O)[C@@H]1CCCN1C(=O)[C@@H](NC(=O)ON1C(=O)CCC1=O)C(C)(C)C)C(=O)NS(=O)(=O)C1CC1. The van der Waals surface area contributed by atoms with E-state index in [9.17, 15) is 37.2 Å². The fourth-order valence-electron chi connectivity index (χ4n) is 5.30. The molecule has 4 fully saturated rings. The average molecular weight is 584 g/mol. The Morgan fingerprint density at radius 1 is 1.07 bits per heavy atom. The zero-order valence-corrected chi connectivity index (χ0v) is 24.0. The lowest BCUT2D eigenvalue weighted by molar-refractivity contribution is -0.171. The molecule has 6 amide bonds. The zero-order chi connectivity index (χ0) is 29.6. The van der Waals surface area contributed by atoms with Gasteiger partial charge in [-0.05, 0) is 43.4 Å². The summed E-state index contributed by atoms with van der Waals surface area (Å²) in [5.74, 6) is -3.49. The summed E-state index contributed by atoms with van der Waals surface area (Å²) in [6.07, 6.45) is 1.29. The predicted molar refractivity (Wildman–Crippen MR) is 138 cm³/mol. The summed E-state index contributed by atoms with van der Waals surface area (Å²) in [5.41, 5.74) is -2.22. The highest BCUT2D eigenvalue weighted by atomic mass is 32.2. The second-order valence-corrected chi connectivity index (χ2v) is 14.0. The van der Waals surface area contributed by atoms with Crippen LogP contribution in [0, 0.1) is 11.3 Å². The summed E-state index contributed by atoms with van der Waals surface area (Å²) in [6, 6.07) is -2.12. The van der Waals surface area contributed by atoms with Gasteiger partial charge in [0.1, 0.15) is 17.6 Å². The van der Waals surface area contributed by atoms with Gasteiger partial charge in [-0.25, -0.2) is 13.2 Å². The number of hydroxylamine groups is 2. The Labute approximate surface area is 232 Å². The van der Waals surface area contributed by atoms with Crippen LogP contribution in [0.3, 0.4) is 0 Å². The van der Waals surface area contributed by atoms with E-state index in [1.54, 1.807) is 20.8 Å². The molecule has 4 atom stereocenters. The topological polar surface area (TPSA) is 188 Å². The van der Waals surface area contributed by atoms with Crippen LogP contribution in [0.1, 0.15) is 79.1 Å². The fourth-order valence-corrected chi connectivity index (χ4v) is 6.66. The van der Waals surface area contributed by atoms with Crippen LogP contribution in [0.5, 0.6) is 0 Å². The van der Waals surface area contributed by atoms with Gasteiger partial charge in [0.05, 0.1) is 5.25 Å². The number of sulfonamides is 1. The predicted octanol–water partition coefficient (Wildman–Crippen LogP) is 0.0756. The quantitative estimate of drug-likeness (QED) is 0.316. The molecule has 2 saturated heterocycles. The minimum Gasteiger partial charge on any atom is -0.340 e. The summed E-state index contributed by atoms with van der Waals surface area (Å²) in [4.78, 5) is 82.6. The standard InChI is InChI=1S/C25H37N5O9S/c1-5-14-13-25(14,22(35)28-40(37,38)15-8-9-15)27-20(33)16-7-6-12-29(16)21(34)19(24(2,3)4)26-23(36)39-30-17(31)10-11-18(30)32/h14-16,19H,5-13H2,1-4H3,(H,26,36)(H,27,33)(H,28,35)/t14-,16+,19-,25-/m1/s1. The highest BCUT2D eigenvalue weighted by molar-refractivity contribution is 7.91. The Bertz CT molecular complexity index is 1210. The molecule has 222 valence electrons. The van der Waals surface area contributed by atoms with Crippen LogP contribution in [-0.2, 0) is 38.8 Å². The Kier molecular flexibility index (Phi) is 7.91. The van der Waals surface area contributed by atoms with Crippen molar-refractivity contribution < 1.29 is 42.0 Å². The van der Waals surface area contributed by atoms with Crippen molar-refractivity contribution in [3.05, 3.63) is 0 Å². The van der Waals surface area contributed by atoms with Crippen LogP contribution >= 0.6 is 0 Å². The van der Waals surface area contributed by atoms with Crippen LogP contribution in [0.2, 0.25) is 0 Å². The number of nitrogens with one attached hydrogen (secondary N) is 3. The number of amides is 6. The van der Waals surface area contributed by atoms with Crippen molar-refractivity contribution in [1.29, 1.82) is 0 Å². The highest BCUT2D eigenvalue weighted by Gasteiger charge is 2.62. The van der Waals surface area contributed by atoms with Crippen molar-refractivity contribution >= 4 is 45.7 Å². The molecule has 2 aliphatic carbocycles. The van der Waals surface area contributed by atoms with Crippen molar-refractivity contribution in [2.75, 3.05) is 6.54 Å². The molecule has 0 aromatic heterocycles. The Morgan fingerprint density at radius 2 is 1.70 bits per heavy atom. The van der Waals surface area contributed by atoms with Gasteiger partial charge in [-0.3, -0.25) is 28.7 Å². The normalized spacial score (nSPS) is 27.3. The van der Waals surface area contributed by atoms with Gasteiger partial charge in [0.15, 0.2) is 0 Å². The largest absolute Gasteiger partial charge is 0.432 e. The van der Waals surface area contributed by atoms with E-state index in [4.69, 9.17) is 4.84 Å². The molecule has 0 radical (unpaired) electrons. The van der Waals surface area contributed by atoms with Gasteiger partial charge >= 0.3 is 6.09 Å². The van der Waals surface area contributed by atoms with Gasteiger partial charge < -0.3 is 20.4 Å². The van der Waals surface area contributed by atoms with Crippen molar-refractivity contribution in [2.24, 2.45) is 11.3 Å². The van der Waals surface area contributed by atoms with Crippen molar-refractivity contribution in [3.8, 4) is 0 Å². The first-order valence-electron chi connectivity index (χ1n) is 13.6. The number of carbonyl (C=O) groups excluding carboxylic acids is 6. The van der Waals surface area contributed by atoms with E-state index in [1.807, 2.05) is 6.92 Å². The van der Waals surface area contributed by atoms with E-state index in [0.29, 0.717) is 37.2 Å². The number of nitrogens with zero attached hydrogens (tertiary/aromatic N) is 2. The molecule has 0 aromatic rings. The lowest BCUT2D eigenvalue weighted by Gasteiger charge is -2.35. The smallest absolute Gasteiger partial charge is 0.340 e. The van der Waals surface area contributed by atoms with E-state index in [-0.39, 0.29) is 31.7 Å². The van der Waals surface area contributed by atoms with E-state index >= 15 is 0 Å². The van der Waals surface area contributed by atoms with E-state index < -0.39 is 73.9 Å². The first kappa shape index (κ1) is 29.7. The molecule has 2 saturated carbocycles. The van der Waals surface area contributed by atoms with Crippen LogP contribution in [0.25, 0.3) is 0 Å². The van der Waals surface area contributed by atoms with Crippen molar-refractivity contribution in [2.45, 2.75) is 102 Å². The maximum atomic E-state index is 13.7.